The Bertz CT molecular complexity index is 1210. The zero-order valence-electron chi connectivity index (χ0n) is 19.3. The maximum absolute atomic E-state index is 13.2. The highest BCUT2D eigenvalue weighted by Crippen LogP contribution is 2.36. The number of anilines is 2. The fourth-order valence-corrected chi connectivity index (χ4v) is 3.89. The summed E-state index contributed by atoms with van der Waals surface area (Å²) < 4.78 is 15.5. The molecule has 4 rings (SSSR count). The van der Waals surface area contributed by atoms with Crippen LogP contribution in [0.1, 0.15) is 17.3 Å². The van der Waals surface area contributed by atoms with Crippen molar-refractivity contribution in [3.8, 4) is 11.5 Å². The van der Waals surface area contributed by atoms with Gasteiger partial charge in [-0.25, -0.2) is 9.69 Å². The average molecular weight is 481 g/mol. The molecule has 12 heteroatoms. The molecule has 1 N–H and O–H groups in total. The van der Waals surface area contributed by atoms with E-state index in [1.165, 1.54) is 26.4 Å². The Morgan fingerprint density at radius 2 is 1.77 bits per heavy atom. The normalized spacial score (nSPS) is 18.5. The van der Waals surface area contributed by atoms with Crippen LogP contribution < -0.4 is 19.7 Å². The fraction of sp³-hybridized carbons (Fsp3) is 0.304. The maximum Gasteiger partial charge on any atom is 0.340 e. The molecule has 2 aliphatic heterocycles. The molecule has 12 nitrogen and oxygen atoms in total. The topological polar surface area (TPSA) is 139 Å². The molecule has 2 atom stereocenters. The van der Waals surface area contributed by atoms with Gasteiger partial charge in [-0.3, -0.25) is 19.4 Å². The van der Waals surface area contributed by atoms with E-state index in [9.17, 15) is 19.2 Å². The number of hydrogen-bond acceptors (Lipinski definition) is 10. The van der Waals surface area contributed by atoms with Gasteiger partial charge in [0.15, 0.2) is 23.6 Å². The molecule has 182 valence electrons. The molecule has 1 saturated heterocycles. The molecule has 0 spiro atoms. The summed E-state index contributed by atoms with van der Waals surface area (Å²) in [7, 11) is 2.92. The summed E-state index contributed by atoms with van der Waals surface area (Å²) in [5.74, 6) is -1.47. The van der Waals surface area contributed by atoms with Crippen molar-refractivity contribution in [1.82, 2.24) is 5.01 Å². The molecule has 2 aromatic carbocycles. The Morgan fingerprint density at radius 3 is 2.49 bits per heavy atom. The molecule has 0 saturated carbocycles. The number of hydrogen-bond donors (Lipinski definition) is 1. The molecule has 0 radical (unpaired) electrons. The van der Waals surface area contributed by atoms with Gasteiger partial charge in [0, 0.05) is 6.07 Å². The van der Waals surface area contributed by atoms with Gasteiger partial charge in [-0.2, -0.15) is 5.11 Å². The van der Waals surface area contributed by atoms with Crippen LogP contribution in [0.3, 0.4) is 0 Å². The predicted molar refractivity (Wildman–Crippen MR) is 122 cm³/mol. The number of rotatable bonds is 8. The van der Waals surface area contributed by atoms with Crippen LogP contribution in [-0.2, 0) is 19.1 Å². The van der Waals surface area contributed by atoms with Gasteiger partial charge in [0.1, 0.15) is 6.54 Å². The summed E-state index contributed by atoms with van der Waals surface area (Å²) in [6.45, 7) is 1.50. The molecule has 0 aromatic heterocycles. The highest BCUT2D eigenvalue weighted by atomic mass is 16.5. The number of carbonyl (C=O) groups is 4. The first kappa shape index (κ1) is 23.7. The largest absolute Gasteiger partial charge is 0.493 e. The van der Waals surface area contributed by atoms with Crippen molar-refractivity contribution in [3.05, 3.63) is 48.0 Å². The van der Waals surface area contributed by atoms with Crippen molar-refractivity contribution in [2.75, 3.05) is 37.6 Å². The maximum atomic E-state index is 13.2. The highest BCUT2D eigenvalue weighted by Gasteiger charge is 2.55. The van der Waals surface area contributed by atoms with Crippen LogP contribution in [0.15, 0.2) is 52.8 Å². The van der Waals surface area contributed by atoms with E-state index in [0.29, 0.717) is 11.5 Å². The van der Waals surface area contributed by atoms with E-state index in [0.717, 1.165) is 9.91 Å². The van der Waals surface area contributed by atoms with Crippen molar-refractivity contribution < 1.29 is 33.4 Å². The average Bonchev–Trinajstić information content (AvgIpc) is 3.37. The van der Waals surface area contributed by atoms with E-state index in [4.69, 9.17) is 14.2 Å². The SMILES string of the molecule is CCOC(=O)c1ccccc1NC(=O)CN1N=N[C@@H]2C(=O)N(c3ccc(OC)c(OC)c3)C(=O)[C@@H]21. The van der Waals surface area contributed by atoms with Crippen LogP contribution in [0.4, 0.5) is 11.4 Å². The van der Waals surface area contributed by atoms with E-state index < -0.39 is 35.8 Å². The third-order valence-corrected chi connectivity index (χ3v) is 5.49. The Labute approximate surface area is 200 Å². The minimum Gasteiger partial charge on any atom is -0.493 e. The number of imide groups is 1. The van der Waals surface area contributed by atoms with Gasteiger partial charge in [-0.1, -0.05) is 17.4 Å². The number of nitrogens with one attached hydrogen (secondary N) is 1. The predicted octanol–water partition coefficient (Wildman–Crippen LogP) is 1.81. The lowest BCUT2D eigenvalue weighted by molar-refractivity contribution is -0.123. The molecule has 1 fully saturated rings. The first-order valence-corrected chi connectivity index (χ1v) is 10.7. The second-order valence-corrected chi connectivity index (χ2v) is 7.56. The number of nitrogens with zero attached hydrogens (tertiary/aromatic N) is 4. The monoisotopic (exact) mass is 481 g/mol. The van der Waals surface area contributed by atoms with E-state index in [1.807, 2.05) is 0 Å². The summed E-state index contributed by atoms with van der Waals surface area (Å²) in [4.78, 5) is 52.0. The van der Waals surface area contributed by atoms with E-state index in [-0.39, 0.29) is 30.1 Å². The Morgan fingerprint density at radius 1 is 1.03 bits per heavy atom. The van der Waals surface area contributed by atoms with Gasteiger partial charge >= 0.3 is 5.97 Å². The standard InChI is InChI=1S/C23H23N5O7/c1-4-35-23(32)14-7-5-6-8-15(14)24-18(29)12-27-20-19(25-26-27)21(30)28(22(20)31)13-9-10-16(33-2)17(11-13)34-3/h5-11,19-20H,4,12H2,1-3H3,(H,24,29)/t19-,20+/m0/s1. The second kappa shape index (κ2) is 9.79. The number of benzene rings is 2. The smallest absolute Gasteiger partial charge is 0.340 e. The van der Waals surface area contributed by atoms with E-state index in [1.54, 1.807) is 37.3 Å². The fourth-order valence-electron chi connectivity index (χ4n) is 3.89. The number of fused-ring (bicyclic) bond motifs is 1. The lowest BCUT2D eigenvalue weighted by Crippen LogP contribution is -2.43. The first-order valence-electron chi connectivity index (χ1n) is 10.7. The molecule has 2 heterocycles. The van der Waals surface area contributed by atoms with E-state index in [2.05, 4.69) is 15.7 Å². The number of carbonyl (C=O) groups excluding carboxylic acids is 4. The highest BCUT2D eigenvalue weighted by molar-refractivity contribution is 6.25. The molecule has 3 amide bonds. The summed E-state index contributed by atoms with van der Waals surface area (Å²) in [6.07, 6.45) is 0. The second-order valence-electron chi connectivity index (χ2n) is 7.56. The minimum absolute atomic E-state index is 0.186. The Kier molecular flexibility index (Phi) is 6.62. The van der Waals surface area contributed by atoms with Crippen LogP contribution in [0, 0.1) is 0 Å². The number of amides is 3. The van der Waals surface area contributed by atoms with Crippen LogP contribution in [0.25, 0.3) is 0 Å². The van der Waals surface area contributed by atoms with Crippen LogP contribution in [-0.4, -0.2) is 68.2 Å². The number of esters is 1. The van der Waals surface area contributed by atoms with Crippen molar-refractivity contribution in [2.24, 2.45) is 10.3 Å². The molecule has 0 aliphatic carbocycles. The summed E-state index contributed by atoms with van der Waals surface area (Å²) in [5, 5.41) is 11.6. The van der Waals surface area contributed by atoms with Gasteiger partial charge < -0.3 is 19.5 Å². The van der Waals surface area contributed by atoms with Crippen LogP contribution >= 0.6 is 0 Å². The zero-order chi connectivity index (χ0) is 25.1. The lowest BCUT2D eigenvalue weighted by Gasteiger charge is -2.21. The molecule has 0 bridgehead atoms. The van der Waals surface area contributed by atoms with Gasteiger partial charge in [-0.05, 0) is 31.2 Å². The zero-order valence-corrected chi connectivity index (χ0v) is 19.3. The van der Waals surface area contributed by atoms with Crippen molar-refractivity contribution in [2.45, 2.75) is 19.0 Å². The molecule has 2 aliphatic rings. The van der Waals surface area contributed by atoms with Gasteiger partial charge in [0.2, 0.25) is 5.91 Å². The van der Waals surface area contributed by atoms with Gasteiger partial charge in [-0.15, -0.1) is 0 Å². The molecular formula is C23H23N5O7. The Balaban J connectivity index is 1.50. The van der Waals surface area contributed by atoms with Gasteiger partial charge in [0.05, 0.1) is 37.8 Å². The van der Waals surface area contributed by atoms with Crippen molar-refractivity contribution in [1.29, 1.82) is 0 Å². The number of para-hydroxylation sites is 1. The molecular weight excluding hydrogens is 458 g/mol. The summed E-state index contributed by atoms with van der Waals surface area (Å²) in [5.41, 5.74) is 0.731. The third kappa shape index (κ3) is 4.37. The van der Waals surface area contributed by atoms with Crippen molar-refractivity contribution >= 4 is 35.1 Å². The van der Waals surface area contributed by atoms with Crippen LogP contribution in [0.5, 0.6) is 11.5 Å². The quantitative estimate of drug-likeness (QED) is 0.445. The van der Waals surface area contributed by atoms with Crippen molar-refractivity contribution in [3.63, 3.8) is 0 Å². The Hall–Kier alpha value is -4.48. The van der Waals surface area contributed by atoms with Gasteiger partial charge in [0.25, 0.3) is 11.8 Å². The number of ether oxygens (including phenoxy) is 3. The minimum atomic E-state index is -1.07. The molecule has 0 unspecified atom stereocenters. The third-order valence-electron chi connectivity index (χ3n) is 5.49. The lowest BCUT2D eigenvalue weighted by atomic mass is 10.1. The number of methoxy groups -OCH3 is 2. The summed E-state index contributed by atoms with van der Waals surface area (Å²) >= 11 is 0. The van der Waals surface area contributed by atoms with Crippen LogP contribution in [0.2, 0.25) is 0 Å². The molecule has 35 heavy (non-hydrogen) atoms. The first-order chi connectivity index (χ1) is 16.9. The van der Waals surface area contributed by atoms with E-state index >= 15 is 0 Å². The molecule has 2 aromatic rings. The summed E-state index contributed by atoms with van der Waals surface area (Å²) in [6, 6.07) is 8.89.